The van der Waals surface area contributed by atoms with Crippen molar-refractivity contribution in [3.8, 4) is 0 Å². The molecule has 3 aliphatic heterocycles. The van der Waals surface area contributed by atoms with Crippen LogP contribution in [0.5, 0.6) is 0 Å². The van der Waals surface area contributed by atoms with Crippen molar-refractivity contribution in [2.75, 3.05) is 38.2 Å². The van der Waals surface area contributed by atoms with E-state index in [1.54, 1.807) is 6.20 Å². The number of halogens is 1. The van der Waals surface area contributed by atoms with E-state index in [1.807, 2.05) is 24.3 Å². The maximum absolute atomic E-state index is 13.6. The molecule has 1 atom stereocenters. The number of benzene rings is 1. The number of amides is 1. The Bertz CT molecular complexity index is 1020. The summed E-state index contributed by atoms with van der Waals surface area (Å²) in [6, 6.07) is 11.0. The molecule has 3 aliphatic rings. The van der Waals surface area contributed by atoms with Gasteiger partial charge in [0.1, 0.15) is 11.6 Å². The number of anilines is 1. The molecular weight excluding hydrogens is 409 g/mol. The normalized spacial score (nSPS) is 22.2. The summed E-state index contributed by atoms with van der Waals surface area (Å²) < 4.78 is 19.2. The number of rotatable bonds is 4. The van der Waals surface area contributed by atoms with Crippen LogP contribution in [0.4, 0.5) is 10.2 Å². The zero-order valence-corrected chi connectivity index (χ0v) is 18.2. The lowest BCUT2D eigenvalue weighted by molar-refractivity contribution is -0.114. The first-order valence-electron chi connectivity index (χ1n) is 11.2. The molecule has 1 amide bonds. The molecule has 1 aromatic heterocycles. The molecule has 1 unspecified atom stereocenters. The summed E-state index contributed by atoms with van der Waals surface area (Å²) in [5.74, 6) is 0.120. The minimum atomic E-state index is -0.249. The van der Waals surface area contributed by atoms with E-state index in [-0.39, 0.29) is 17.8 Å². The predicted octanol–water partition coefficient (Wildman–Crippen LogP) is 2.95. The van der Waals surface area contributed by atoms with Crippen LogP contribution in [0.1, 0.15) is 36.9 Å². The Labute approximate surface area is 187 Å². The summed E-state index contributed by atoms with van der Waals surface area (Å²) in [5, 5.41) is 5.02. The number of piperazine rings is 1. The first kappa shape index (κ1) is 21.1. The number of hydrazine groups is 1. The van der Waals surface area contributed by atoms with Crippen LogP contribution in [0.15, 0.2) is 48.3 Å². The summed E-state index contributed by atoms with van der Waals surface area (Å²) >= 11 is 0. The third-order valence-electron chi connectivity index (χ3n) is 6.46. The zero-order valence-electron chi connectivity index (χ0n) is 18.2. The molecular formula is C24H28FN5O2. The van der Waals surface area contributed by atoms with Crippen LogP contribution in [0.2, 0.25) is 0 Å². The third-order valence-corrected chi connectivity index (χ3v) is 6.46. The molecule has 0 radical (unpaired) electrons. The Morgan fingerprint density at radius 2 is 1.97 bits per heavy atom. The van der Waals surface area contributed by atoms with E-state index in [0.717, 1.165) is 62.4 Å². The molecule has 2 N–H and O–H groups in total. The Kier molecular flexibility index (Phi) is 5.91. The highest BCUT2D eigenvalue weighted by Crippen LogP contribution is 2.41. The van der Waals surface area contributed by atoms with Crippen LogP contribution in [-0.4, -0.2) is 59.7 Å². The Balaban J connectivity index is 1.54. The lowest BCUT2D eigenvalue weighted by Crippen LogP contribution is -2.52. The van der Waals surface area contributed by atoms with Crippen LogP contribution in [0.3, 0.4) is 0 Å². The van der Waals surface area contributed by atoms with Crippen molar-refractivity contribution in [2.24, 2.45) is 0 Å². The molecule has 0 aliphatic carbocycles. The summed E-state index contributed by atoms with van der Waals surface area (Å²) in [5.41, 5.74) is 8.00. The van der Waals surface area contributed by atoms with Gasteiger partial charge in [0, 0.05) is 63.3 Å². The highest BCUT2D eigenvalue weighted by Gasteiger charge is 2.38. The van der Waals surface area contributed by atoms with E-state index in [2.05, 4.69) is 25.6 Å². The number of hydrogen-bond donors (Lipinski definition) is 2. The molecule has 4 heterocycles. The Morgan fingerprint density at radius 3 is 2.72 bits per heavy atom. The largest absolute Gasteiger partial charge is 0.381 e. The summed E-state index contributed by atoms with van der Waals surface area (Å²) in [6.45, 7) is 5.80. The number of carbonyl (C=O) groups is 1. The predicted molar refractivity (Wildman–Crippen MR) is 120 cm³/mol. The van der Waals surface area contributed by atoms with Crippen LogP contribution in [0, 0.1) is 5.82 Å². The van der Waals surface area contributed by atoms with Gasteiger partial charge in [0.05, 0.1) is 6.04 Å². The van der Waals surface area contributed by atoms with Gasteiger partial charge in [-0.3, -0.25) is 9.69 Å². The fourth-order valence-corrected chi connectivity index (χ4v) is 4.92. The van der Waals surface area contributed by atoms with Gasteiger partial charge in [0.25, 0.3) is 0 Å². The van der Waals surface area contributed by atoms with Gasteiger partial charge in [-0.15, -0.1) is 0 Å². The van der Waals surface area contributed by atoms with Gasteiger partial charge in [0.15, 0.2) is 0 Å². The maximum atomic E-state index is 13.6. The molecule has 5 rings (SSSR count). The Hall–Kier alpha value is -2.81. The van der Waals surface area contributed by atoms with E-state index in [4.69, 9.17) is 4.74 Å². The van der Waals surface area contributed by atoms with Gasteiger partial charge in [-0.25, -0.2) is 14.8 Å². The van der Waals surface area contributed by atoms with Gasteiger partial charge < -0.3 is 15.1 Å². The number of nitrogens with one attached hydrogen (secondary N) is 2. The van der Waals surface area contributed by atoms with E-state index in [9.17, 15) is 9.18 Å². The molecule has 2 saturated heterocycles. The molecule has 7 nitrogen and oxygen atoms in total. The molecule has 2 aromatic rings. The minimum absolute atomic E-state index is 0.104. The minimum Gasteiger partial charge on any atom is -0.381 e. The number of hydrogen-bond acceptors (Lipinski definition) is 6. The summed E-state index contributed by atoms with van der Waals surface area (Å²) in [7, 11) is 0. The standard InChI is InChI=1S/C24H28FN5O2/c1-16(31)27-22-14-18(6-9-26-22)23-21-15-29(20-7-12-32-13-8-20)10-11-30(21)28-24(23)17-2-4-19(25)5-3-17/h2-6,9,14,20,24,28H,7-8,10-13,15H2,1H3,(H,26,27,31). The van der Waals surface area contributed by atoms with Crippen LogP contribution < -0.4 is 10.7 Å². The van der Waals surface area contributed by atoms with Crippen molar-refractivity contribution < 1.29 is 13.9 Å². The van der Waals surface area contributed by atoms with Gasteiger partial charge in [0.2, 0.25) is 5.91 Å². The van der Waals surface area contributed by atoms with Gasteiger partial charge in [-0.1, -0.05) is 12.1 Å². The topological polar surface area (TPSA) is 69.7 Å². The fraction of sp³-hybridized carbons (Fsp3) is 0.417. The number of pyridine rings is 1. The quantitative estimate of drug-likeness (QED) is 0.767. The van der Waals surface area contributed by atoms with Crippen molar-refractivity contribution in [2.45, 2.75) is 31.8 Å². The lowest BCUT2D eigenvalue weighted by atomic mass is 9.92. The highest BCUT2D eigenvalue weighted by molar-refractivity contribution is 5.88. The third kappa shape index (κ3) is 4.26. The number of nitrogens with zero attached hydrogens (tertiary/aromatic N) is 3. The van der Waals surface area contributed by atoms with Crippen molar-refractivity contribution >= 4 is 17.3 Å². The smallest absolute Gasteiger partial charge is 0.222 e. The fourth-order valence-electron chi connectivity index (χ4n) is 4.92. The molecule has 168 valence electrons. The lowest BCUT2D eigenvalue weighted by Gasteiger charge is -2.41. The van der Waals surface area contributed by atoms with Crippen LogP contribution >= 0.6 is 0 Å². The zero-order chi connectivity index (χ0) is 22.1. The average Bonchev–Trinajstić information content (AvgIpc) is 3.18. The summed E-state index contributed by atoms with van der Waals surface area (Å²) in [4.78, 5) is 18.4. The summed E-state index contributed by atoms with van der Waals surface area (Å²) in [6.07, 6.45) is 3.83. The molecule has 8 heteroatoms. The monoisotopic (exact) mass is 437 g/mol. The average molecular weight is 438 g/mol. The van der Waals surface area contributed by atoms with E-state index >= 15 is 0 Å². The second-order valence-corrected chi connectivity index (χ2v) is 8.55. The molecule has 32 heavy (non-hydrogen) atoms. The molecule has 0 saturated carbocycles. The first-order valence-corrected chi connectivity index (χ1v) is 11.2. The number of aromatic nitrogens is 1. The van der Waals surface area contributed by atoms with Crippen molar-refractivity contribution in [3.63, 3.8) is 0 Å². The van der Waals surface area contributed by atoms with Crippen molar-refractivity contribution in [3.05, 3.63) is 65.2 Å². The number of ether oxygens (including phenoxy) is 1. The Morgan fingerprint density at radius 1 is 1.19 bits per heavy atom. The van der Waals surface area contributed by atoms with E-state index in [1.165, 1.54) is 24.8 Å². The molecule has 1 aromatic carbocycles. The van der Waals surface area contributed by atoms with Gasteiger partial charge in [-0.2, -0.15) is 0 Å². The SMILES string of the molecule is CC(=O)Nc1cc(C2=C3CN(C4CCOCC4)CCN3NC2c2ccc(F)cc2)ccn1. The second-order valence-electron chi connectivity index (χ2n) is 8.55. The van der Waals surface area contributed by atoms with Gasteiger partial charge in [-0.05, 0) is 48.2 Å². The van der Waals surface area contributed by atoms with E-state index < -0.39 is 0 Å². The highest BCUT2D eigenvalue weighted by atomic mass is 19.1. The molecule has 2 fully saturated rings. The van der Waals surface area contributed by atoms with Crippen molar-refractivity contribution in [1.29, 1.82) is 0 Å². The number of fused-ring (bicyclic) bond motifs is 1. The van der Waals surface area contributed by atoms with Crippen molar-refractivity contribution in [1.82, 2.24) is 20.3 Å². The number of carbonyl (C=O) groups excluding carboxylic acids is 1. The van der Waals surface area contributed by atoms with E-state index in [0.29, 0.717) is 11.9 Å². The van der Waals surface area contributed by atoms with Crippen LogP contribution in [-0.2, 0) is 9.53 Å². The second kappa shape index (κ2) is 8.97. The van der Waals surface area contributed by atoms with Gasteiger partial charge >= 0.3 is 0 Å². The van der Waals surface area contributed by atoms with Crippen LogP contribution in [0.25, 0.3) is 5.57 Å². The maximum Gasteiger partial charge on any atom is 0.222 e. The molecule has 0 spiro atoms. The first-order chi connectivity index (χ1) is 15.6. The molecule has 0 bridgehead atoms.